The third-order valence-electron chi connectivity index (χ3n) is 2.33. The van der Waals surface area contributed by atoms with Crippen LogP contribution in [0.15, 0.2) is 29.6 Å². The zero-order valence-electron chi connectivity index (χ0n) is 10.5. The van der Waals surface area contributed by atoms with Crippen molar-refractivity contribution in [1.82, 2.24) is 4.98 Å². The molecule has 0 saturated heterocycles. The number of ketones is 1. The number of amides is 2. The molecule has 20 heavy (non-hydrogen) atoms. The summed E-state index contributed by atoms with van der Waals surface area (Å²) in [6, 6.07) is 8.05. The molecule has 100 valence electrons. The van der Waals surface area contributed by atoms with Gasteiger partial charge in [0.15, 0.2) is 10.9 Å². The molecule has 0 aliphatic heterocycles. The number of nitriles is 1. The maximum atomic E-state index is 11.7. The molecule has 0 aliphatic rings. The molecular formula is C13H10N4O2S. The quantitative estimate of drug-likeness (QED) is 0.848. The molecule has 2 N–H and O–H groups in total. The number of nitrogens with one attached hydrogen (secondary N) is 2. The molecule has 0 aliphatic carbocycles. The fraction of sp³-hybridized carbons (Fsp3) is 0.0769. The molecule has 6 nitrogen and oxygen atoms in total. The first-order chi connectivity index (χ1) is 9.58. The predicted molar refractivity (Wildman–Crippen MR) is 75.9 cm³/mol. The zero-order valence-corrected chi connectivity index (χ0v) is 11.3. The van der Waals surface area contributed by atoms with E-state index in [0.717, 1.165) is 0 Å². The van der Waals surface area contributed by atoms with Crippen molar-refractivity contribution in [2.75, 3.05) is 10.6 Å². The minimum absolute atomic E-state index is 0.156. The normalized spacial score (nSPS) is 9.60. The SMILES string of the molecule is CC(=O)c1csc(NC(=O)Nc2cccc(C#N)c2)n1. The Kier molecular flexibility index (Phi) is 4.08. The largest absolute Gasteiger partial charge is 0.325 e. The van der Waals surface area contributed by atoms with Crippen molar-refractivity contribution in [2.24, 2.45) is 0 Å². The standard InChI is InChI=1S/C13H10N4O2S/c1-8(18)11-7-20-13(16-11)17-12(19)15-10-4-2-3-9(5-10)6-14/h2-5,7H,1H3,(H2,15,16,17,19). The Bertz CT molecular complexity index is 702. The van der Waals surface area contributed by atoms with Crippen molar-refractivity contribution < 1.29 is 9.59 Å². The fourth-order valence-corrected chi connectivity index (χ4v) is 2.16. The molecule has 1 heterocycles. The number of anilines is 2. The molecule has 0 spiro atoms. The second-order valence-corrected chi connectivity index (χ2v) is 4.72. The molecule has 0 radical (unpaired) electrons. The molecule has 0 saturated carbocycles. The Balaban J connectivity index is 2.01. The zero-order chi connectivity index (χ0) is 14.5. The third-order valence-corrected chi connectivity index (χ3v) is 3.09. The van der Waals surface area contributed by atoms with E-state index in [1.54, 1.807) is 29.6 Å². The number of thiazole rings is 1. The van der Waals surface area contributed by atoms with Crippen molar-refractivity contribution in [3.8, 4) is 6.07 Å². The first-order valence-corrected chi connectivity index (χ1v) is 6.51. The number of Topliss-reactive ketones (excluding diaryl/α,β-unsaturated/α-hetero) is 1. The van der Waals surface area contributed by atoms with E-state index in [9.17, 15) is 9.59 Å². The van der Waals surface area contributed by atoms with Crippen LogP contribution >= 0.6 is 11.3 Å². The van der Waals surface area contributed by atoms with Gasteiger partial charge in [-0.05, 0) is 18.2 Å². The van der Waals surface area contributed by atoms with Crippen molar-refractivity contribution >= 4 is 34.0 Å². The lowest BCUT2D eigenvalue weighted by atomic mass is 10.2. The first kappa shape index (κ1) is 13.7. The van der Waals surface area contributed by atoms with Gasteiger partial charge < -0.3 is 5.32 Å². The highest BCUT2D eigenvalue weighted by Crippen LogP contribution is 2.16. The van der Waals surface area contributed by atoms with Gasteiger partial charge in [0.05, 0.1) is 11.6 Å². The molecule has 7 heteroatoms. The van der Waals surface area contributed by atoms with Crippen LogP contribution in [-0.4, -0.2) is 16.8 Å². The van der Waals surface area contributed by atoms with Crippen LogP contribution in [0.5, 0.6) is 0 Å². The van der Waals surface area contributed by atoms with Crippen molar-refractivity contribution in [3.05, 3.63) is 40.9 Å². The number of nitrogens with zero attached hydrogens (tertiary/aromatic N) is 2. The summed E-state index contributed by atoms with van der Waals surface area (Å²) in [6.45, 7) is 1.41. The average Bonchev–Trinajstić information content (AvgIpc) is 2.87. The summed E-state index contributed by atoms with van der Waals surface area (Å²) in [7, 11) is 0. The Morgan fingerprint density at radius 3 is 2.80 bits per heavy atom. The van der Waals surface area contributed by atoms with Gasteiger partial charge >= 0.3 is 6.03 Å². The smallest absolute Gasteiger partial charge is 0.308 e. The predicted octanol–water partition coefficient (Wildman–Crippen LogP) is 2.86. The summed E-state index contributed by atoms with van der Waals surface area (Å²) >= 11 is 1.17. The lowest BCUT2D eigenvalue weighted by molar-refractivity contribution is 0.101. The van der Waals surface area contributed by atoms with Crippen molar-refractivity contribution in [2.45, 2.75) is 6.92 Å². The lowest BCUT2D eigenvalue weighted by Gasteiger charge is -2.05. The molecular weight excluding hydrogens is 276 g/mol. The van der Waals surface area contributed by atoms with Gasteiger partial charge in [0.1, 0.15) is 5.69 Å². The Morgan fingerprint density at radius 1 is 1.35 bits per heavy atom. The van der Waals surface area contributed by atoms with Gasteiger partial charge in [0.2, 0.25) is 0 Å². The number of hydrogen-bond donors (Lipinski definition) is 2. The first-order valence-electron chi connectivity index (χ1n) is 5.63. The van der Waals surface area contributed by atoms with Crippen molar-refractivity contribution in [3.63, 3.8) is 0 Å². The van der Waals surface area contributed by atoms with Gasteiger partial charge in [-0.15, -0.1) is 11.3 Å². The van der Waals surface area contributed by atoms with Crippen LogP contribution in [-0.2, 0) is 0 Å². The molecule has 2 rings (SSSR count). The van der Waals surface area contributed by atoms with Gasteiger partial charge in [-0.2, -0.15) is 5.26 Å². The van der Waals surface area contributed by atoms with Gasteiger partial charge in [0.25, 0.3) is 0 Å². The maximum absolute atomic E-state index is 11.7. The summed E-state index contributed by atoms with van der Waals surface area (Å²) < 4.78 is 0. The van der Waals surface area contributed by atoms with Crippen LogP contribution in [0, 0.1) is 11.3 Å². The number of rotatable bonds is 3. The highest BCUT2D eigenvalue weighted by atomic mass is 32.1. The van der Waals surface area contributed by atoms with Crippen LogP contribution in [0.2, 0.25) is 0 Å². The monoisotopic (exact) mass is 286 g/mol. The van der Waals surface area contributed by atoms with Crippen LogP contribution in [0.3, 0.4) is 0 Å². The number of aromatic nitrogens is 1. The van der Waals surface area contributed by atoms with Gasteiger partial charge in [0, 0.05) is 18.0 Å². The molecule has 0 bridgehead atoms. The fourth-order valence-electron chi connectivity index (χ4n) is 1.42. The Morgan fingerprint density at radius 2 is 2.15 bits per heavy atom. The molecule has 0 atom stereocenters. The summed E-state index contributed by atoms with van der Waals surface area (Å²) in [5.74, 6) is -0.156. The van der Waals surface area contributed by atoms with E-state index in [-0.39, 0.29) is 5.78 Å². The highest BCUT2D eigenvalue weighted by Gasteiger charge is 2.09. The maximum Gasteiger partial charge on any atom is 0.325 e. The third kappa shape index (κ3) is 3.40. The summed E-state index contributed by atoms with van der Waals surface area (Å²) in [5, 5.41) is 15.8. The van der Waals surface area contributed by atoms with Gasteiger partial charge in [-0.25, -0.2) is 9.78 Å². The van der Waals surface area contributed by atoms with E-state index < -0.39 is 6.03 Å². The molecule has 0 unspecified atom stereocenters. The van der Waals surface area contributed by atoms with E-state index in [0.29, 0.717) is 22.1 Å². The lowest BCUT2D eigenvalue weighted by Crippen LogP contribution is -2.19. The van der Waals surface area contributed by atoms with Gasteiger partial charge in [-0.3, -0.25) is 10.1 Å². The van der Waals surface area contributed by atoms with Crippen LogP contribution in [0.1, 0.15) is 23.0 Å². The second-order valence-electron chi connectivity index (χ2n) is 3.87. The molecule has 1 aromatic carbocycles. The Hall–Kier alpha value is -2.72. The van der Waals surface area contributed by atoms with E-state index in [1.165, 1.54) is 18.3 Å². The van der Waals surface area contributed by atoms with E-state index >= 15 is 0 Å². The number of carbonyl (C=O) groups is 2. The topological polar surface area (TPSA) is 94.9 Å². The van der Waals surface area contributed by atoms with E-state index in [2.05, 4.69) is 15.6 Å². The van der Waals surface area contributed by atoms with E-state index in [4.69, 9.17) is 5.26 Å². The van der Waals surface area contributed by atoms with Crippen LogP contribution < -0.4 is 10.6 Å². The van der Waals surface area contributed by atoms with E-state index in [1.807, 2.05) is 6.07 Å². The second kappa shape index (κ2) is 5.95. The minimum atomic E-state index is -0.482. The molecule has 2 amide bonds. The van der Waals surface area contributed by atoms with Crippen molar-refractivity contribution in [1.29, 1.82) is 5.26 Å². The summed E-state index contributed by atoms with van der Waals surface area (Å²) in [5.41, 5.74) is 1.28. The highest BCUT2D eigenvalue weighted by molar-refractivity contribution is 7.14. The number of hydrogen-bond acceptors (Lipinski definition) is 5. The summed E-state index contributed by atoms with van der Waals surface area (Å²) in [6.07, 6.45) is 0. The molecule has 2 aromatic rings. The molecule has 1 aromatic heterocycles. The summed E-state index contributed by atoms with van der Waals surface area (Å²) in [4.78, 5) is 26.8. The van der Waals surface area contributed by atoms with Crippen LogP contribution in [0.25, 0.3) is 0 Å². The number of carbonyl (C=O) groups excluding carboxylic acids is 2. The minimum Gasteiger partial charge on any atom is -0.308 e. The Labute approximate surface area is 119 Å². The van der Waals surface area contributed by atoms with Gasteiger partial charge in [-0.1, -0.05) is 6.07 Å². The average molecular weight is 286 g/mol. The number of benzene rings is 1. The number of urea groups is 1. The molecule has 0 fully saturated rings. The van der Waals surface area contributed by atoms with Crippen LogP contribution in [0.4, 0.5) is 15.6 Å².